The summed E-state index contributed by atoms with van der Waals surface area (Å²) in [6, 6.07) is 77.8. The van der Waals surface area contributed by atoms with Crippen molar-refractivity contribution >= 4 is 88.0 Å². The molecule has 0 fully saturated rings. The van der Waals surface area contributed by atoms with Crippen molar-refractivity contribution in [2.45, 2.75) is 41.5 Å². The molecule has 0 aliphatic heterocycles. The summed E-state index contributed by atoms with van der Waals surface area (Å²) in [5.41, 5.74) is 19.0. The Morgan fingerprint density at radius 2 is 0.618 bits per heavy atom. The van der Waals surface area contributed by atoms with Crippen molar-refractivity contribution in [3.8, 4) is 22.3 Å². The Bertz CT molecular complexity index is 3650. The lowest BCUT2D eigenvalue weighted by Gasteiger charge is -2.31. The van der Waals surface area contributed by atoms with Gasteiger partial charge in [0.15, 0.2) is 0 Å². The zero-order valence-electron chi connectivity index (χ0n) is 39.5. The highest BCUT2D eigenvalue weighted by Gasteiger charge is 2.26. The number of fused-ring (bicyclic) bond motifs is 2. The third-order valence-corrected chi connectivity index (χ3v) is 13.9. The first-order chi connectivity index (χ1) is 33.1. The summed E-state index contributed by atoms with van der Waals surface area (Å²) in [5, 5.41) is 12.3. The van der Waals surface area contributed by atoms with Crippen molar-refractivity contribution in [3.63, 3.8) is 0 Å². The molecule has 2 heteroatoms. The van der Waals surface area contributed by atoms with E-state index in [0.29, 0.717) is 0 Å². The van der Waals surface area contributed by atoms with Crippen molar-refractivity contribution in [1.29, 1.82) is 0 Å². The lowest BCUT2D eigenvalue weighted by Crippen LogP contribution is -2.13. The molecule has 0 unspecified atom stereocenters. The second-order valence-electron chi connectivity index (χ2n) is 19.1. The van der Waals surface area contributed by atoms with Crippen LogP contribution < -0.4 is 9.80 Å². The van der Waals surface area contributed by atoms with Gasteiger partial charge in [0, 0.05) is 44.3 Å². The molecule has 0 aliphatic carbocycles. The molecule has 0 aromatic heterocycles. The van der Waals surface area contributed by atoms with Crippen LogP contribution in [0.25, 0.3) is 76.1 Å². The predicted molar refractivity (Wildman–Crippen MR) is 294 cm³/mol. The Balaban J connectivity index is 1.27. The van der Waals surface area contributed by atoms with E-state index in [0.717, 1.165) is 34.1 Å². The molecule has 0 aliphatic rings. The summed E-state index contributed by atoms with van der Waals surface area (Å²) in [4.78, 5) is 5.01. The largest absolute Gasteiger partial charge is 0.310 e. The molecule has 12 aromatic rings. The Morgan fingerprint density at radius 3 is 1.01 bits per heavy atom. The van der Waals surface area contributed by atoms with E-state index in [-0.39, 0.29) is 0 Å². The molecule has 0 N–H and O–H groups in total. The average Bonchev–Trinajstić information content (AvgIpc) is 3.33. The molecule has 326 valence electrons. The molecule has 0 radical (unpaired) electrons. The smallest absolute Gasteiger partial charge is 0.0546 e. The van der Waals surface area contributed by atoms with Gasteiger partial charge in [-0.2, -0.15) is 0 Å². The van der Waals surface area contributed by atoms with Crippen LogP contribution in [0, 0.1) is 41.5 Å². The highest BCUT2D eigenvalue weighted by molar-refractivity contribution is 6.32. The van der Waals surface area contributed by atoms with Crippen molar-refractivity contribution in [2.75, 3.05) is 9.80 Å². The standard InChI is InChI=1S/C66H52N2/c1-41-13-11-19-53(31-41)67(55-33-43(3)29-44(4)34-55)63-39-61(51-23-21-47-15-7-9-17-49(47)37-51)57-26-28-60-64(68(54-20-12-14-42(2)32-54)56-35-45(5)30-46(6)36-56)40-62(58-25-27-59(63)65(57)66(58)60)52-24-22-48-16-8-10-18-50(48)38-52/h7-40H,1-6H3. The number of benzene rings is 12. The zero-order valence-corrected chi connectivity index (χ0v) is 39.5. The van der Waals surface area contributed by atoms with E-state index in [1.165, 1.54) is 109 Å². The molecular formula is C66H52N2. The SMILES string of the molecule is Cc1cccc(N(c2cc(C)cc(C)c2)c2cc(-c3ccc4ccccc4c3)c3ccc4c(N(c5cccc(C)c5)c5cc(C)cc(C)c5)cc(-c5ccc6ccccc6c5)c5ccc2c3c54)c1. The normalized spacial score (nSPS) is 11.7. The van der Waals surface area contributed by atoms with Gasteiger partial charge in [-0.25, -0.2) is 0 Å². The first-order valence-electron chi connectivity index (χ1n) is 23.8. The number of hydrogen-bond acceptors (Lipinski definition) is 2. The van der Waals surface area contributed by atoms with Gasteiger partial charge >= 0.3 is 0 Å². The van der Waals surface area contributed by atoms with Gasteiger partial charge in [-0.1, -0.05) is 133 Å². The van der Waals surface area contributed by atoms with E-state index in [2.05, 4.69) is 258 Å². The summed E-state index contributed by atoms with van der Waals surface area (Å²) in [5.74, 6) is 0. The van der Waals surface area contributed by atoms with E-state index >= 15 is 0 Å². The number of rotatable bonds is 8. The monoisotopic (exact) mass is 872 g/mol. The fourth-order valence-electron chi connectivity index (χ4n) is 11.1. The number of hydrogen-bond donors (Lipinski definition) is 0. The summed E-state index contributed by atoms with van der Waals surface area (Å²) >= 11 is 0. The first kappa shape index (κ1) is 41.2. The van der Waals surface area contributed by atoms with Gasteiger partial charge in [0.05, 0.1) is 11.4 Å². The summed E-state index contributed by atoms with van der Waals surface area (Å²) in [7, 11) is 0. The van der Waals surface area contributed by atoms with E-state index in [1.54, 1.807) is 0 Å². The van der Waals surface area contributed by atoms with E-state index in [1.807, 2.05) is 0 Å². The maximum absolute atomic E-state index is 2.50. The van der Waals surface area contributed by atoms with Crippen LogP contribution in [0.15, 0.2) is 206 Å². The van der Waals surface area contributed by atoms with Crippen LogP contribution >= 0.6 is 0 Å². The average molecular weight is 873 g/mol. The number of aryl methyl sites for hydroxylation is 6. The highest BCUT2D eigenvalue weighted by Crippen LogP contribution is 2.52. The van der Waals surface area contributed by atoms with Crippen LogP contribution in [0.3, 0.4) is 0 Å². The van der Waals surface area contributed by atoms with Crippen LogP contribution in [0.2, 0.25) is 0 Å². The highest BCUT2D eigenvalue weighted by atomic mass is 15.2. The van der Waals surface area contributed by atoms with E-state index < -0.39 is 0 Å². The molecule has 0 spiro atoms. The van der Waals surface area contributed by atoms with Crippen LogP contribution in [-0.4, -0.2) is 0 Å². The Kier molecular flexibility index (Phi) is 9.88. The minimum Gasteiger partial charge on any atom is -0.310 e. The van der Waals surface area contributed by atoms with Gasteiger partial charge in [-0.05, 0) is 202 Å². The third kappa shape index (κ3) is 7.12. The molecule has 0 saturated heterocycles. The van der Waals surface area contributed by atoms with Crippen LogP contribution in [0.5, 0.6) is 0 Å². The lowest BCUT2D eigenvalue weighted by molar-refractivity contribution is 1.25. The minimum atomic E-state index is 1.13. The quantitative estimate of drug-likeness (QED) is 0.140. The number of anilines is 6. The van der Waals surface area contributed by atoms with Crippen LogP contribution in [0.4, 0.5) is 34.1 Å². The van der Waals surface area contributed by atoms with Crippen molar-refractivity contribution in [3.05, 3.63) is 240 Å². The van der Waals surface area contributed by atoms with Gasteiger partial charge in [0.2, 0.25) is 0 Å². The van der Waals surface area contributed by atoms with E-state index in [9.17, 15) is 0 Å². The van der Waals surface area contributed by atoms with Gasteiger partial charge < -0.3 is 9.80 Å². The maximum Gasteiger partial charge on any atom is 0.0546 e. The van der Waals surface area contributed by atoms with Gasteiger partial charge in [-0.15, -0.1) is 0 Å². The molecule has 12 aromatic carbocycles. The van der Waals surface area contributed by atoms with E-state index in [4.69, 9.17) is 0 Å². The summed E-state index contributed by atoms with van der Waals surface area (Å²) in [6.07, 6.45) is 0. The van der Waals surface area contributed by atoms with Crippen molar-refractivity contribution < 1.29 is 0 Å². The minimum absolute atomic E-state index is 1.13. The summed E-state index contributed by atoms with van der Waals surface area (Å²) in [6.45, 7) is 13.2. The molecule has 0 amide bonds. The van der Waals surface area contributed by atoms with Crippen LogP contribution in [0.1, 0.15) is 33.4 Å². The Hall–Kier alpha value is -8.20. The zero-order chi connectivity index (χ0) is 46.2. The Morgan fingerprint density at radius 1 is 0.250 bits per heavy atom. The molecule has 0 bridgehead atoms. The molecule has 68 heavy (non-hydrogen) atoms. The second kappa shape index (κ2) is 16.3. The Labute approximate surface area is 399 Å². The second-order valence-corrected chi connectivity index (χ2v) is 19.1. The fraction of sp³-hybridized carbons (Fsp3) is 0.0909. The first-order valence-corrected chi connectivity index (χ1v) is 23.8. The van der Waals surface area contributed by atoms with Crippen molar-refractivity contribution in [2.24, 2.45) is 0 Å². The van der Waals surface area contributed by atoms with Gasteiger partial charge in [0.25, 0.3) is 0 Å². The summed E-state index contributed by atoms with van der Waals surface area (Å²) < 4.78 is 0. The lowest BCUT2D eigenvalue weighted by atomic mass is 9.84. The van der Waals surface area contributed by atoms with Gasteiger partial charge in [0.1, 0.15) is 0 Å². The molecule has 12 rings (SSSR count). The number of nitrogens with zero attached hydrogens (tertiary/aromatic N) is 2. The van der Waals surface area contributed by atoms with Crippen LogP contribution in [-0.2, 0) is 0 Å². The molecular weight excluding hydrogens is 821 g/mol. The maximum atomic E-state index is 2.50. The fourth-order valence-corrected chi connectivity index (χ4v) is 11.1. The molecule has 0 saturated carbocycles. The topological polar surface area (TPSA) is 6.48 Å². The predicted octanol–water partition coefficient (Wildman–Crippen LogP) is 19.0. The molecule has 2 nitrogen and oxygen atoms in total. The van der Waals surface area contributed by atoms with Crippen molar-refractivity contribution in [1.82, 2.24) is 0 Å². The molecule has 0 atom stereocenters. The molecule has 0 heterocycles. The van der Waals surface area contributed by atoms with Gasteiger partial charge in [-0.3, -0.25) is 0 Å². The third-order valence-electron chi connectivity index (χ3n) is 13.9.